The van der Waals surface area contributed by atoms with Crippen molar-refractivity contribution >= 4 is 22.9 Å². The maximum absolute atomic E-state index is 4.50. The van der Waals surface area contributed by atoms with Crippen LogP contribution in [0.15, 0.2) is 6.33 Å². The fraction of sp³-hybridized carbons (Fsp3) is 0.615. The standard InChI is InChI=1S/C13H21N7/c1-3-14-13-18-11(10-12(19-13)17-8-16-10)15-6-7-20(2)9-4-5-9/h8-9H,3-7H2,1-2H3,(H3,14,15,16,17,18,19). The highest BCUT2D eigenvalue weighted by Crippen LogP contribution is 2.25. The Morgan fingerprint density at radius 3 is 2.95 bits per heavy atom. The van der Waals surface area contributed by atoms with E-state index in [4.69, 9.17) is 0 Å². The van der Waals surface area contributed by atoms with Crippen LogP contribution in [0.5, 0.6) is 0 Å². The topological polar surface area (TPSA) is 81.8 Å². The van der Waals surface area contributed by atoms with Gasteiger partial charge in [-0.2, -0.15) is 9.97 Å². The van der Waals surface area contributed by atoms with Crippen LogP contribution < -0.4 is 10.6 Å². The number of likely N-dealkylation sites (N-methyl/N-ethyl adjacent to an activating group) is 1. The lowest BCUT2D eigenvalue weighted by Crippen LogP contribution is -2.27. The number of rotatable bonds is 7. The first kappa shape index (κ1) is 13.1. The van der Waals surface area contributed by atoms with Crippen LogP contribution in [0.25, 0.3) is 11.2 Å². The van der Waals surface area contributed by atoms with Gasteiger partial charge >= 0.3 is 0 Å². The van der Waals surface area contributed by atoms with E-state index in [1.165, 1.54) is 12.8 Å². The molecular formula is C13H21N7. The summed E-state index contributed by atoms with van der Waals surface area (Å²) < 4.78 is 0. The maximum atomic E-state index is 4.50. The molecule has 1 aliphatic rings. The highest BCUT2D eigenvalue weighted by atomic mass is 15.2. The molecule has 7 nitrogen and oxygen atoms in total. The molecule has 2 heterocycles. The molecule has 2 aromatic heterocycles. The Kier molecular flexibility index (Phi) is 3.68. The summed E-state index contributed by atoms with van der Waals surface area (Å²) >= 11 is 0. The summed E-state index contributed by atoms with van der Waals surface area (Å²) in [5.74, 6) is 1.43. The first-order chi connectivity index (χ1) is 9.78. The molecule has 108 valence electrons. The van der Waals surface area contributed by atoms with Crippen LogP contribution in [0.1, 0.15) is 19.8 Å². The third kappa shape index (κ3) is 2.82. The number of nitrogens with zero attached hydrogens (tertiary/aromatic N) is 4. The minimum atomic E-state index is 0.616. The van der Waals surface area contributed by atoms with Crippen LogP contribution in [0, 0.1) is 0 Å². The maximum Gasteiger partial charge on any atom is 0.226 e. The van der Waals surface area contributed by atoms with E-state index in [0.717, 1.165) is 37.0 Å². The number of fused-ring (bicyclic) bond motifs is 1. The number of hydrogen-bond acceptors (Lipinski definition) is 6. The minimum absolute atomic E-state index is 0.616. The predicted molar refractivity (Wildman–Crippen MR) is 80.0 cm³/mol. The zero-order chi connectivity index (χ0) is 13.9. The smallest absolute Gasteiger partial charge is 0.226 e. The average molecular weight is 275 g/mol. The van der Waals surface area contributed by atoms with Crippen LogP contribution in [-0.2, 0) is 0 Å². The van der Waals surface area contributed by atoms with E-state index >= 15 is 0 Å². The van der Waals surface area contributed by atoms with Gasteiger partial charge in [-0.25, -0.2) is 4.98 Å². The van der Waals surface area contributed by atoms with E-state index in [-0.39, 0.29) is 0 Å². The molecule has 3 N–H and O–H groups in total. The zero-order valence-corrected chi connectivity index (χ0v) is 12.0. The van der Waals surface area contributed by atoms with Gasteiger partial charge in [0, 0.05) is 25.7 Å². The van der Waals surface area contributed by atoms with E-state index in [2.05, 4.69) is 42.5 Å². The van der Waals surface area contributed by atoms with Crippen molar-refractivity contribution in [3.8, 4) is 0 Å². The summed E-state index contributed by atoms with van der Waals surface area (Å²) in [6.07, 6.45) is 4.31. The Morgan fingerprint density at radius 2 is 2.20 bits per heavy atom. The van der Waals surface area contributed by atoms with Gasteiger partial charge in [-0.05, 0) is 26.8 Å². The summed E-state index contributed by atoms with van der Waals surface area (Å²) in [6.45, 7) is 4.69. The van der Waals surface area contributed by atoms with E-state index in [1.54, 1.807) is 6.33 Å². The number of anilines is 2. The second-order valence-electron chi connectivity index (χ2n) is 5.17. The van der Waals surface area contributed by atoms with Crippen LogP contribution in [0.3, 0.4) is 0 Å². The molecule has 0 unspecified atom stereocenters. The van der Waals surface area contributed by atoms with Crippen molar-refractivity contribution in [3.05, 3.63) is 6.33 Å². The monoisotopic (exact) mass is 275 g/mol. The molecule has 0 aromatic carbocycles. The highest BCUT2D eigenvalue weighted by Gasteiger charge is 2.25. The van der Waals surface area contributed by atoms with E-state index < -0.39 is 0 Å². The molecule has 1 fully saturated rings. The molecule has 0 atom stereocenters. The van der Waals surface area contributed by atoms with E-state index in [0.29, 0.717) is 11.6 Å². The Bertz CT molecular complexity index is 575. The molecule has 3 rings (SSSR count). The predicted octanol–water partition coefficient (Wildman–Crippen LogP) is 1.29. The summed E-state index contributed by atoms with van der Waals surface area (Å²) in [6, 6.07) is 0.784. The quantitative estimate of drug-likeness (QED) is 0.706. The first-order valence-corrected chi connectivity index (χ1v) is 7.17. The second-order valence-corrected chi connectivity index (χ2v) is 5.17. The van der Waals surface area contributed by atoms with Crippen molar-refractivity contribution in [2.75, 3.05) is 37.3 Å². The number of nitrogens with one attached hydrogen (secondary N) is 3. The molecule has 2 aromatic rings. The molecule has 7 heteroatoms. The van der Waals surface area contributed by atoms with Crippen molar-refractivity contribution in [1.29, 1.82) is 0 Å². The average Bonchev–Trinajstić information content (AvgIpc) is 3.18. The van der Waals surface area contributed by atoms with Gasteiger partial charge < -0.3 is 20.5 Å². The molecule has 0 aliphatic heterocycles. The lowest BCUT2D eigenvalue weighted by atomic mass is 10.4. The fourth-order valence-corrected chi connectivity index (χ4v) is 2.25. The summed E-state index contributed by atoms with van der Waals surface area (Å²) in [5.41, 5.74) is 1.55. The molecule has 20 heavy (non-hydrogen) atoms. The molecule has 1 saturated carbocycles. The molecule has 0 amide bonds. The molecule has 0 radical (unpaired) electrons. The summed E-state index contributed by atoms with van der Waals surface area (Å²) in [4.78, 5) is 18.5. The fourth-order valence-electron chi connectivity index (χ4n) is 2.25. The third-order valence-corrected chi connectivity index (χ3v) is 3.55. The van der Waals surface area contributed by atoms with E-state index in [9.17, 15) is 0 Å². The SMILES string of the molecule is CCNc1nc(NCCN(C)C2CC2)c2[nH]cnc2n1. The van der Waals surface area contributed by atoms with Crippen molar-refractivity contribution in [2.45, 2.75) is 25.8 Å². The minimum Gasteiger partial charge on any atom is -0.367 e. The lowest BCUT2D eigenvalue weighted by molar-refractivity contribution is 0.337. The number of imidazole rings is 1. The van der Waals surface area contributed by atoms with Crippen LogP contribution in [-0.4, -0.2) is 57.6 Å². The number of aromatic amines is 1. The normalized spacial score (nSPS) is 14.9. The van der Waals surface area contributed by atoms with Crippen molar-refractivity contribution in [1.82, 2.24) is 24.8 Å². The number of H-pyrrole nitrogens is 1. The molecular weight excluding hydrogens is 254 g/mol. The second kappa shape index (κ2) is 5.62. The molecule has 0 saturated heterocycles. The van der Waals surface area contributed by atoms with Crippen LogP contribution in [0.2, 0.25) is 0 Å². The largest absolute Gasteiger partial charge is 0.367 e. The Morgan fingerprint density at radius 1 is 1.35 bits per heavy atom. The summed E-state index contributed by atoms with van der Waals surface area (Å²) in [7, 11) is 2.18. The number of aromatic nitrogens is 4. The van der Waals surface area contributed by atoms with Gasteiger partial charge in [0.2, 0.25) is 5.95 Å². The van der Waals surface area contributed by atoms with Gasteiger partial charge in [0.15, 0.2) is 11.5 Å². The Labute approximate surface area is 118 Å². The Balaban J connectivity index is 1.69. The van der Waals surface area contributed by atoms with Gasteiger partial charge in [0.1, 0.15) is 5.52 Å². The number of hydrogen-bond donors (Lipinski definition) is 3. The van der Waals surface area contributed by atoms with Crippen LogP contribution in [0.4, 0.5) is 11.8 Å². The molecule has 0 spiro atoms. The van der Waals surface area contributed by atoms with Gasteiger partial charge in [-0.15, -0.1) is 0 Å². The van der Waals surface area contributed by atoms with Gasteiger partial charge in [-0.3, -0.25) is 0 Å². The third-order valence-electron chi connectivity index (χ3n) is 3.55. The van der Waals surface area contributed by atoms with Gasteiger partial charge in [0.05, 0.1) is 6.33 Å². The Hall–Kier alpha value is -1.89. The van der Waals surface area contributed by atoms with Gasteiger partial charge in [0.25, 0.3) is 0 Å². The van der Waals surface area contributed by atoms with Crippen molar-refractivity contribution in [2.24, 2.45) is 0 Å². The molecule has 1 aliphatic carbocycles. The first-order valence-electron chi connectivity index (χ1n) is 7.17. The molecule has 0 bridgehead atoms. The van der Waals surface area contributed by atoms with Crippen LogP contribution >= 0.6 is 0 Å². The van der Waals surface area contributed by atoms with E-state index in [1.807, 2.05) is 6.92 Å². The van der Waals surface area contributed by atoms with Crippen molar-refractivity contribution < 1.29 is 0 Å². The highest BCUT2D eigenvalue weighted by molar-refractivity contribution is 5.83. The lowest BCUT2D eigenvalue weighted by Gasteiger charge is -2.16. The zero-order valence-electron chi connectivity index (χ0n) is 12.0. The van der Waals surface area contributed by atoms with Gasteiger partial charge in [-0.1, -0.05) is 0 Å². The summed E-state index contributed by atoms with van der Waals surface area (Å²) in [5, 5.41) is 6.51. The van der Waals surface area contributed by atoms with Crippen molar-refractivity contribution in [3.63, 3.8) is 0 Å².